The van der Waals surface area contributed by atoms with Crippen LogP contribution in [0.1, 0.15) is 57.2 Å². The molecule has 2 aromatic rings. The van der Waals surface area contributed by atoms with Crippen LogP contribution in [0.3, 0.4) is 0 Å². The maximum atomic E-state index is 6.09. The Hall–Kier alpha value is -2.20. The minimum Gasteiger partial charge on any atom is -0.407 e. The molecule has 0 aliphatic carbocycles. The van der Waals surface area contributed by atoms with Crippen molar-refractivity contribution >= 4 is 30.0 Å². The summed E-state index contributed by atoms with van der Waals surface area (Å²) in [6.07, 6.45) is 3.92. The van der Waals surface area contributed by atoms with E-state index >= 15 is 0 Å². The van der Waals surface area contributed by atoms with E-state index in [0.717, 1.165) is 46.5 Å². The van der Waals surface area contributed by atoms with Crippen molar-refractivity contribution in [1.82, 2.24) is 9.97 Å². The molecule has 1 aliphatic rings. The van der Waals surface area contributed by atoms with Gasteiger partial charge in [-0.3, -0.25) is 0 Å². The van der Waals surface area contributed by atoms with Crippen LogP contribution in [0.4, 0.5) is 17.5 Å². The Kier molecular flexibility index (Phi) is 9.30. The molecule has 0 amide bonds. The molecule has 9 heteroatoms. The average Bonchev–Trinajstić information content (AvgIpc) is 2.80. The number of rotatable bonds is 11. The van der Waals surface area contributed by atoms with E-state index in [1.807, 2.05) is 19.2 Å². The minimum atomic E-state index is -0.422. The predicted octanol–water partition coefficient (Wildman–Crippen LogP) is 4.33. The third kappa shape index (κ3) is 6.91. The number of nitrogens with zero attached hydrogens (tertiary/aromatic N) is 2. The van der Waals surface area contributed by atoms with Gasteiger partial charge < -0.3 is 29.4 Å². The highest BCUT2D eigenvalue weighted by Crippen LogP contribution is 2.25. The van der Waals surface area contributed by atoms with Crippen LogP contribution in [0.15, 0.2) is 18.3 Å². The number of aryl methyl sites for hydroxylation is 2. The van der Waals surface area contributed by atoms with Crippen LogP contribution in [0.25, 0.3) is 0 Å². The second-order valence-electron chi connectivity index (χ2n) is 9.75. The highest BCUT2D eigenvalue weighted by atomic mass is 16.7. The zero-order chi connectivity index (χ0) is 24.7. The Morgan fingerprint density at radius 3 is 2.47 bits per heavy atom. The van der Waals surface area contributed by atoms with Gasteiger partial charge in [-0.05, 0) is 55.4 Å². The summed E-state index contributed by atoms with van der Waals surface area (Å²) in [5.41, 5.74) is 4.93. The second-order valence-corrected chi connectivity index (χ2v) is 9.75. The Morgan fingerprint density at radius 2 is 1.82 bits per heavy atom. The molecule has 0 saturated carbocycles. The fourth-order valence-corrected chi connectivity index (χ4v) is 3.96. The summed E-state index contributed by atoms with van der Waals surface area (Å²) in [7, 11) is 1.19. The van der Waals surface area contributed by atoms with Crippen LogP contribution < -0.4 is 16.1 Å². The van der Waals surface area contributed by atoms with Gasteiger partial charge in [0.1, 0.15) is 12.6 Å². The third-order valence-corrected chi connectivity index (χ3v) is 5.97. The van der Waals surface area contributed by atoms with E-state index in [1.165, 1.54) is 0 Å². The summed E-state index contributed by atoms with van der Waals surface area (Å²) in [5, 5.41) is 6.90. The summed E-state index contributed by atoms with van der Waals surface area (Å²) >= 11 is 0. The van der Waals surface area contributed by atoms with Crippen LogP contribution in [-0.2, 0) is 25.4 Å². The molecule has 186 valence electrons. The molecule has 1 saturated heterocycles. The van der Waals surface area contributed by atoms with Gasteiger partial charge in [-0.25, -0.2) is 4.98 Å². The van der Waals surface area contributed by atoms with Crippen molar-refractivity contribution < 1.29 is 18.8 Å². The van der Waals surface area contributed by atoms with E-state index in [4.69, 9.17) is 23.8 Å². The lowest BCUT2D eigenvalue weighted by molar-refractivity contribution is -0.0390. The topological polar surface area (TPSA) is 86.8 Å². The fourth-order valence-electron chi connectivity index (χ4n) is 3.96. The van der Waals surface area contributed by atoms with E-state index in [1.54, 1.807) is 7.11 Å². The van der Waals surface area contributed by atoms with Gasteiger partial charge in [0.25, 0.3) is 0 Å². The molecule has 1 aromatic heterocycles. The first-order valence-corrected chi connectivity index (χ1v) is 12.1. The SMILES string of the molecule is CCC(CC)Nc1nc(Nc2cc(C)c(B3OCC(C)(C)CO3)c(COCOC)c2)ncc1C. The molecule has 8 nitrogen and oxygen atoms in total. The molecule has 1 aliphatic heterocycles. The Balaban J connectivity index is 1.86. The van der Waals surface area contributed by atoms with Gasteiger partial charge in [-0.15, -0.1) is 0 Å². The van der Waals surface area contributed by atoms with Gasteiger partial charge in [0, 0.05) is 49.2 Å². The number of hydrogen-bond acceptors (Lipinski definition) is 8. The van der Waals surface area contributed by atoms with Crippen molar-refractivity contribution in [2.75, 3.05) is 37.8 Å². The molecular formula is C25H39BN4O4. The first-order valence-electron chi connectivity index (χ1n) is 12.1. The maximum absolute atomic E-state index is 6.09. The number of hydrogen-bond donors (Lipinski definition) is 2. The molecule has 1 aromatic carbocycles. The van der Waals surface area contributed by atoms with E-state index in [9.17, 15) is 0 Å². The number of anilines is 3. The molecule has 0 radical (unpaired) electrons. The maximum Gasteiger partial charge on any atom is 0.494 e. The molecule has 1 fully saturated rings. The third-order valence-electron chi connectivity index (χ3n) is 5.97. The molecular weight excluding hydrogens is 431 g/mol. The van der Waals surface area contributed by atoms with Crippen LogP contribution in [-0.4, -0.2) is 50.2 Å². The molecule has 0 atom stereocenters. The van der Waals surface area contributed by atoms with Crippen LogP contribution >= 0.6 is 0 Å². The van der Waals surface area contributed by atoms with Gasteiger partial charge in [0.05, 0.1) is 6.61 Å². The van der Waals surface area contributed by atoms with Crippen LogP contribution in [0.2, 0.25) is 0 Å². The summed E-state index contributed by atoms with van der Waals surface area (Å²) in [6.45, 7) is 14.6. The molecule has 0 bridgehead atoms. The molecule has 34 heavy (non-hydrogen) atoms. The predicted molar refractivity (Wildman–Crippen MR) is 137 cm³/mol. The molecule has 3 rings (SSSR count). The van der Waals surface area contributed by atoms with Crippen molar-refractivity contribution in [3.63, 3.8) is 0 Å². The molecule has 0 spiro atoms. The van der Waals surface area contributed by atoms with E-state index in [0.29, 0.717) is 31.8 Å². The molecule has 0 unspecified atom stereocenters. The number of aromatic nitrogens is 2. The highest BCUT2D eigenvalue weighted by Gasteiger charge is 2.36. The largest absolute Gasteiger partial charge is 0.494 e. The Labute approximate surface area is 204 Å². The van der Waals surface area contributed by atoms with Gasteiger partial charge in [-0.1, -0.05) is 27.7 Å². The van der Waals surface area contributed by atoms with E-state index in [-0.39, 0.29) is 12.2 Å². The van der Waals surface area contributed by atoms with E-state index in [2.05, 4.69) is 56.3 Å². The van der Waals surface area contributed by atoms with Gasteiger partial charge in [-0.2, -0.15) is 4.98 Å². The lowest BCUT2D eigenvalue weighted by Gasteiger charge is -2.34. The molecule has 2 heterocycles. The number of nitrogens with one attached hydrogen (secondary N) is 2. The number of benzene rings is 1. The number of methoxy groups -OCH3 is 1. The average molecular weight is 470 g/mol. The zero-order valence-electron chi connectivity index (χ0n) is 21.7. The first kappa shape index (κ1) is 26.4. The Bertz CT molecular complexity index is 943. The zero-order valence-corrected chi connectivity index (χ0v) is 21.7. The van der Waals surface area contributed by atoms with Crippen molar-refractivity contribution in [1.29, 1.82) is 0 Å². The smallest absolute Gasteiger partial charge is 0.407 e. The quantitative estimate of drug-likeness (QED) is 0.285. The number of ether oxygens (including phenoxy) is 2. The van der Waals surface area contributed by atoms with Crippen molar-refractivity contribution in [2.24, 2.45) is 5.41 Å². The monoisotopic (exact) mass is 470 g/mol. The molecule has 2 N–H and O–H groups in total. The summed E-state index contributed by atoms with van der Waals surface area (Å²) < 4.78 is 23.0. The summed E-state index contributed by atoms with van der Waals surface area (Å²) in [6, 6.07) is 4.49. The van der Waals surface area contributed by atoms with Crippen LogP contribution in [0, 0.1) is 19.3 Å². The normalized spacial score (nSPS) is 15.6. The van der Waals surface area contributed by atoms with Gasteiger partial charge in [0.15, 0.2) is 0 Å². The minimum absolute atomic E-state index is 0.00168. The van der Waals surface area contributed by atoms with Crippen molar-refractivity contribution in [3.05, 3.63) is 35.0 Å². The van der Waals surface area contributed by atoms with Crippen LogP contribution in [0.5, 0.6) is 0 Å². The van der Waals surface area contributed by atoms with E-state index < -0.39 is 7.12 Å². The highest BCUT2D eigenvalue weighted by molar-refractivity contribution is 6.62. The summed E-state index contributed by atoms with van der Waals surface area (Å²) in [4.78, 5) is 9.23. The Morgan fingerprint density at radius 1 is 1.12 bits per heavy atom. The van der Waals surface area contributed by atoms with Crippen molar-refractivity contribution in [3.8, 4) is 0 Å². The van der Waals surface area contributed by atoms with Crippen molar-refractivity contribution in [2.45, 2.75) is 67.0 Å². The van der Waals surface area contributed by atoms with Gasteiger partial charge >= 0.3 is 7.12 Å². The van der Waals surface area contributed by atoms with Gasteiger partial charge in [0.2, 0.25) is 5.95 Å². The first-order chi connectivity index (χ1) is 16.3. The lowest BCUT2D eigenvalue weighted by Crippen LogP contribution is -2.49. The second kappa shape index (κ2) is 12.0. The summed E-state index contributed by atoms with van der Waals surface area (Å²) in [5.74, 6) is 1.40. The fraction of sp³-hybridized carbons (Fsp3) is 0.600. The standard InChI is InChI=1S/C25H39BN4O4/c1-8-20(9-2)28-23-18(4)12-27-24(30-23)29-21-10-17(3)22(19(11-21)13-32-16-31-7)26-33-14-25(5,6)15-34-26/h10-12,20H,8-9,13-16H2,1-7H3,(H2,27,28,29,30). The lowest BCUT2D eigenvalue weighted by atomic mass is 9.71.